The third-order valence-electron chi connectivity index (χ3n) is 10.1. The molecule has 1 unspecified atom stereocenters. The predicted molar refractivity (Wildman–Crippen MR) is 185 cm³/mol. The molecule has 2 aromatic heterocycles. The van der Waals surface area contributed by atoms with E-state index < -0.39 is 58.7 Å². The van der Waals surface area contributed by atoms with Gasteiger partial charge in [-0.25, -0.2) is 4.98 Å². The first-order valence-electron chi connectivity index (χ1n) is 17.3. The Morgan fingerprint density at radius 1 is 0.962 bits per heavy atom. The van der Waals surface area contributed by atoms with E-state index in [1.807, 2.05) is 10.9 Å². The van der Waals surface area contributed by atoms with Gasteiger partial charge in [0.15, 0.2) is 0 Å². The van der Waals surface area contributed by atoms with Crippen LogP contribution < -0.4 is 16.0 Å². The summed E-state index contributed by atoms with van der Waals surface area (Å²) in [5.41, 5.74) is -0.983. The van der Waals surface area contributed by atoms with Crippen LogP contribution in [0, 0.1) is 5.92 Å². The number of alkyl halides is 3. The van der Waals surface area contributed by atoms with Crippen molar-refractivity contribution in [1.29, 1.82) is 0 Å². The standard InChI is InChI=1S/C37H36F3N7O6/c1-36(2,53)23-16-26-20(15-27(23)43-32(49)25-7-4-8-29(42-25)37(38,39)40)18-46(45-26)21-11-9-19(10-12-21)17-41-24-6-3-5-22-31(24)35(52)47(34(22)51)28-13-14-30(48)44-33(28)50/h3-8,15-16,18-19,21,28,41,53H,9-14,17H2,1-2H3,(H,43,49)(H,44,48,50)/t19-,21-,28?. The number of fused-ring (bicyclic) bond motifs is 2. The fourth-order valence-electron chi connectivity index (χ4n) is 7.32. The minimum Gasteiger partial charge on any atom is -0.386 e. The van der Waals surface area contributed by atoms with Gasteiger partial charge in [-0.3, -0.25) is 38.9 Å². The summed E-state index contributed by atoms with van der Waals surface area (Å²) in [6.45, 7) is 3.61. The van der Waals surface area contributed by atoms with Gasteiger partial charge in [-0.05, 0) is 88.3 Å². The number of benzene rings is 2. The first kappa shape index (κ1) is 35.7. The summed E-state index contributed by atoms with van der Waals surface area (Å²) in [7, 11) is 0. The van der Waals surface area contributed by atoms with E-state index in [0.29, 0.717) is 28.7 Å². The van der Waals surface area contributed by atoms with Crippen LogP contribution in [-0.4, -0.2) is 66.9 Å². The number of nitrogens with one attached hydrogen (secondary N) is 3. The molecule has 1 atom stereocenters. The van der Waals surface area contributed by atoms with Crippen molar-refractivity contribution in [3.05, 3.63) is 82.8 Å². The second-order valence-corrected chi connectivity index (χ2v) is 14.2. The third kappa shape index (κ3) is 6.98. The number of aromatic nitrogens is 3. The Morgan fingerprint density at radius 3 is 2.40 bits per heavy atom. The van der Waals surface area contributed by atoms with Gasteiger partial charge in [0.1, 0.15) is 17.4 Å². The van der Waals surface area contributed by atoms with Gasteiger partial charge in [0.2, 0.25) is 11.8 Å². The number of piperidine rings is 1. The lowest BCUT2D eigenvalue weighted by Gasteiger charge is -2.29. The van der Waals surface area contributed by atoms with Gasteiger partial charge in [-0.15, -0.1) is 0 Å². The molecule has 0 radical (unpaired) electrons. The van der Waals surface area contributed by atoms with Crippen LogP contribution in [0.5, 0.6) is 0 Å². The molecular weight excluding hydrogens is 695 g/mol. The molecular formula is C37H36F3N7O6. The Morgan fingerprint density at radius 2 is 1.70 bits per heavy atom. The third-order valence-corrected chi connectivity index (χ3v) is 10.1. The molecule has 1 saturated heterocycles. The Balaban J connectivity index is 1.02. The molecule has 1 aliphatic carbocycles. The van der Waals surface area contributed by atoms with Gasteiger partial charge < -0.3 is 15.7 Å². The van der Waals surface area contributed by atoms with E-state index in [-0.39, 0.29) is 41.6 Å². The van der Waals surface area contributed by atoms with Crippen LogP contribution in [0.25, 0.3) is 10.9 Å². The Hall–Kier alpha value is -5.64. The molecule has 53 heavy (non-hydrogen) atoms. The highest BCUT2D eigenvalue weighted by Gasteiger charge is 2.45. The zero-order valence-electron chi connectivity index (χ0n) is 28.8. The molecule has 5 amide bonds. The first-order chi connectivity index (χ1) is 25.1. The number of rotatable bonds is 8. The number of nitrogens with zero attached hydrogens (tertiary/aromatic N) is 4. The van der Waals surface area contributed by atoms with Crippen LogP contribution in [0.1, 0.15) is 101 Å². The van der Waals surface area contributed by atoms with Gasteiger partial charge in [-0.2, -0.15) is 18.3 Å². The molecule has 2 fully saturated rings. The molecule has 4 N–H and O–H groups in total. The summed E-state index contributed by atoms with van der Waals surface area (Å²) < 4.78 is 41.5. The van der Waals surface area contributed by atoms with Crippen LogP contribution in [0.4, 0.5) is 24.5 Å². The summed E-state index contributed by atoms with van der Waals surface area (Å²) in [6, 6.07) is 10.3. The lowest BCUT2D eigenvalue weighted by molar-refractivity contribution is -0.141. The fraction of sp³-hybridized carbons (Fsp3) is 0.378. The van der Waals surface area contributed by atoms with E-state index in [1.165, 1.54) is 19.9 Å². The van der Waals surface area contributed by atoms with Crippen molar-refractivity contribution in [3.8, 4) is 0 Å². The van der Waals surface area contributed by atoms with Crippen molar-refractivity contribution >= 4 is 51.8 Å². The predicted octanol–water partition coefficient (Wildman–Crippen LogP) is 5.17. The summed E-state index contributed by atoms with van der Waals surface area (Å²) in [5.74, 6) is -2.84. The second kappa shape index (κ2) is 13.4. The summed E-state index contributed by atoms with van der Waals surface area (Å²) in [4.78, 5) is 68.2. The zero-order chi connectivity index (χ0) is 37.8. The van der Waals surface area contributed by atoms with Gasteiger partial charge in [0, 0.05) is 41.5 Å². The number of amides is 5. The highest BCUT2D eigenvalue weighted by Crippen LogP contribution is 2.37. The topological polar surface area (TPSA) is 176 Å². The number of carbonyl (C=O) groups is 5. The Kier molecular flexibility index (Phi) is 9.04. The number of aliphatic hydroxyl groups is 1. The van der Waals surface area contributed by atoms with Crippen molar-refractivity contribution in [2.45, 2.75) is 76.2 Å². The lowest BCUT2D eigenvalue weighted by atomic mass is 9.86. The summed E-state index contributed by atoms with van der Waals surface area (Å²) >= 11 is 0. The number of anilines is 2. The van der Waals surface area contributed by atoms with Crippen molar-refractivity contribution in [2.24, 2.45) is 5.92 Å². The van der Waals surface area contributed by atoms with Gasteiger partial charge in [-0.1, -0.05) is 12.1 Å². The minimum absolute atomic E-state index is 0.0393. The highest BCUT2D eigenvalue weighted by molar-refractivity contribution is 6.25. The molecule has 3 aliphatic rings. The fourth-order valence-corrected chi connectivity index (χ4v) is 7.32. The van der Waals surface area contributed by atoms with Crippen molar-refractivity contribution in [1.82, 2.24) is 25.0 Å². The van der Waals surface area contributed by atoms with Crippen LogP contribution in [0.3, 0.4) is 0 Å². The quantitative estimate of drug-likeness (QED) is 0.178. The highest BCUT2D eigenvalue weighted by atomic mass is 19.4. The molecule has 4 aromatic rings. The number of halogens is 3. The molecule has 2 aromatic carbocycles. The number of carbonyl (C=O) groups excluding carboxylic acids is 5. The van der Waals surface area contributed by atoms with Crippen LogP contribution in [0.2, 0.25) is 0 Å². The van der Waals surface area contributed by atoms with Crippen molar-refractivity contribution < 1.29 is 42.3 Å². The minimum atomic E-state index is -4.72. The molecule has 276 valence electrons. The normalized spacial score (nSPS) is 20.8. The first-order valence-corrected chi connectivity index (χ1v) is 17.3. The molecule has 16 heteroatoms. The van der Waals surface area contributed by atoms with E-state index in [0.717, 1.165) is 42.7 Å². The summed E-state index contributed by atoms with van der Waals surface area (Å²) in [5, 5.41) is 24.6. The maximum atomic E-state index is 13.5. The number of imide groups is 2. The number of pyridine rings is 1. The SMILES string of the molecule is CC(C)(O)c1cc2nn([C@H]3CC[C@H](CNc4cccc5c4C(=O)N(C4CCC(=O)NC4=O)C5=O)CC3)cc2cc1NC(=O)c1cccc(C(F)(F)F)n1. The average Bonchev–Trinajstić information content (AvgIpc) is 3.64. The largest absolute Gasteiger partial charge is 0.433 e. The zero-order valence-corrected chi connectivity index (χ0v) is 28.8. The second-order valence-electron chi connectivity index (χ2n) is 14.2. The Labute approximate surface area is 300 Å². The van der Waals surface area contributed by atoms with E-state index in [9.17, 15) is 42.3 Å². The van der Waals surface area contributed by atoms with Crippen LogP contribution in [-0.2, 0) is 21.4 Å². The van der Waals surface area contributed by atoms with Gasteiger partial charge >= 0.3 is 6.18 Å². The van der Waals surface area contributed by atoms with E-state index in [2.05, 4.69) is 20.9 Å². The van der Waals surface area contributed by atoms with E-state index in [4.69, 9.17) is 5.10 Å². The van der Waals surface area contributed by atoms with E-state index >= 15 is 0 Å². The smallest absolute Gasteiger partial charge is 0.386 e. The molecule has 0 bridgehead atoms. The van der Waals surface area contributed by atoms with Crippen LogP contribution in [0.15, 0.2) is 54.7 Å². The Bertz CT molecular complexity index is 2170. The molecule has 1 saturated carbocycles. The maximum absolute atomic E-state index is 13.5. The van der Waals surface area contributed by atoms with Gasteiger partial charge in [0.05, 0.1) is 28.3 Å². The van der Waals surface area contributed by atoms with Crippen molar-refractivity contribution in [3.63, 3.8) is 0 Å². The van der Waals surface area contributed by atoms with Crippen molar-refractivity contribution in [2.75, 3.05) is 17.2 Å². The maximum Gasteiger partial charge on any atom is 0.433 e. The van der Waals surface area contributed by atoms with Crippen LogP contribution >= 0.6 is 0 Å². The number of hydrogen-bond donors (Lipinski definition) is 4. The molecule has 0 spiro atoms. The van der Waals surface area contributed by atoms with Gasteiger partial charge in [0.25, 0.3) is 17.7 Å². The molecule has 2 aliphatic heterocycles. The molecule has 7 rings (SSSR count). The monoisotopic (exact) mass is 731 g/mol. The molecule has 13 nitrogen and oxygen atoms in total. The molecule has 4 heterocycles. The summed E-state index contributed by atoms with van der Waals surface area (Å²) in [6.07, 6.45) is 0.482. The number of hydrogen-bond acceptors (Lipinski definition) is 9. The lowest BCUT2D eigenvalue weighted by Crippen LogP contribution is -2.54. The van der Waals surface area contributed by atoms with E-state index in [1.54, 1.807) is 30.3 Å². The average molecular weight is 732 g/mol.